The number of aryl methyl sites for hydroxylation is 1. The van der Waals surface area contributed by atoms with Gasteiger partial charge in [-0.05, 0) is 48.9 Å². The van der Waals surface area contributed by atoms with Gasteiger partial charge in [0, 0.05) is 6.42 Å². The average molecular weight is 327 g/mol. The minimum Gasteiger partial charge on any atom is -0.463 e. The molecule has 2 heterocycles. The number of hydrogen-bond acceptors (Lipinski definition) is 4. The molecular weight excluding hydrogens is 310 g/mol. The lowest BCUT2D eigenvalue weighted by Crippen LogP contribution is -2.18. The quantitative estimate of drug-likeness (QED) is 0.693. The van der Waals surface area contributed by atoms with Crippen molar-refractivity contribution >= 4 is 11.4 Å². The topological polar surface area (TPSA) is 52.5 Å². The van der Waals surface area contributed by atoms with E-state index in [4.69, 9.17) is 14.8 Å². The van der Waals surface area contributed by atoms with Crippen LogP contribution in [0.5, 0.6) is 0 Å². The van der Waals surface area contributed by atoms with Crippen LogP contribution in [0.2, 0.25) is 0 Å². The summed E-state index contributed by atoms with van der Waals surface area (Å²) in [5, 5.41) is 15.8. The molecule has 0 spiro atoms. The standard InChI is InChI=1S/C21H17N3O/c1-15-4-8-17(9-5-15)20-13-19(21-3-2-12-25-21)23-24(20)18-10-6-16(14-22)7-11-18/h2-12,20H,13H2,1H3. The molecule has 4 nitrogen and oxygen atoms in total. The molecule has 0 amide bonds. The molecule has 0 aliphatic carbocycles. The fourth-order valence-electron chi connectivity index (χ4n) is 3.08. The van der Waals surface area contributed by atoms with Gasteiger partial charge in [-0.15, -0.1) is 0 Å². The monoisotopic (exact) mass is 327 g/mol. The van der Waals surface area contributed by atoms with Crippen LogP contribution in [0.3, 0.4) is 0 Å². The van der Waals surface area contributed by atoms with Crippen molar-refractivity contribution in [3.05, 3.63) is 89.4 Å². The lowest BCUT2D eigenvalue weighted by Gasteiger charge is -2.24. The molecule has 2 aromatic carbocycles. The summed E-state index contributed by atoms with van der Waals surface area (Å²) < 4.78 is 5.54. The average Bonchev–Trinajstić information content (AvgIpc) is 3.32. The molecule has 1 aliphatic heterocycles. The van der Waals surface area contributed by atoms with Crippen LogP contribution < -0.4 is 5.01 Å². The number of hydrazone groups is 1. The maximum atomic E-state index is 9.01. The highest BCUT2D eigenvalue weighted by atomic mass is 16.3. The Hall–Kier alpha value is -3.32. The number of anilines is 1. The third kappa shape index (κ3) is 2.92. The number of nitrogens with zero attached hydrogens (tertiary/aromatic N) is 3. The van der Waals surface area contributed by atoms with Crippen molar-refractivity contribution in [2.75, 3.05) is 5.01 Å². The molecule has 0 saturated heterocycles. The first-order chi connectivity index (χ1) is 12.2. The van der Waals surface area contributed by atoms with Crippen molar-refractivity contribution in [2.45, 2.75) is 19.4 Å². The van der Waals surface area contributed by atoms with E-state index >= 15 is 0 Å². The van der Waals surface area contributed by atoms with Gasteiger partial charge in [-0.25, -0.2) is 0 Å². The zero-order valence-corrected chi connectivity index (χ0v) is 13.9. The second kappa shape index (κ2) is 6.29. The largest absolute Gasteiger partial charge is 0.463 e. The van der Waals surface area contributed by atoms with E-state index in [2.05, 4.69) is 37.3 Å². The zero-order valence-electron chi connectivity index (χ0n) is 13.9. The van der Waals surface area contributed by atoms with Crippen molar-refractivity contribution in [1.29, 1.82) is 5.26 Å². The van der Waals surface area contributed by atoms with Gasteiger partial charge < -0.3 is 4.42 Å². The molecule has 4 rings (SSSR count). The van der Waals surface area contributed by atoms with E-state index in [1.54, 1.807) is 6.26 Å². The van der Waals surface area contributed by atoms with Gasteiger partial charge in [0.15, 0.2) is 0 Å². The van der Waals surface area contributed by atoms with Crippen molar-refractivity contribution in [3.63, 3.8) is 0 Å². The molecule has 4 heteroatoms. The summed E-state index contributed by atoms with van der Waals surface area (Å²) in [7, 11) is 0. The first-order valence-electron chi connectivity index (χ1n) is 8.22. The zero-order chi connectivity index (χ0) is 17.2. The maximum Gasteiger partial charge on any atom is 0.149 e. The van der Waals surface area contributed by atoms with Crippen LogP contribution in [0.4, 0.5) is 5.69 Å². The lowest BCUT2D eigenvalue weighted by molar-refractivity contribution is 0.556. The van der Waals surface area contributed by atoms with Crippen molar-refractivity contribution in [2.24, 2.45) is 5.10 Å². The predicted molar refractivity (Wildman–Crippen MR) is 97.4 cm³/mol. The molecule has 0 radical (unpaired) electrons. The number of furan rings is 1. The SMILES string of the molecule is Cc1ccc(C2CC(c3ccco3)=NN2c2ccc(C#N)cc2)cc1. The van der Waals surface area contributed by atoms with E-state index in [0.29, 0.717) is 5.56 Å². The molecule has 1 unspecified atom stereocenters. The molecule has 0 saturated carbocycles. The highest BCUT2D eigenvalue weighted by molar-refractivity contribution is 6.01. The molecule has 25 heavy (non-hydrogen) atoms. The number of benzene rings is 2. The molecule has 0 N–H and O–H groups in total. The summed E-state index contributed by atoms with van der Waals surface area (Å²) in [5.74, 6) is 0.799. The maximum absolute atomic E-state index is 9.01. The molecule has 1 aliphatic rings. The third-order valence-electron chi connectivity index (χ3n) is 4.44. The fourth-order valence-corrected chi connectivity index (χ4v) is 3.08. The van der Waals surface area contributed by atoms with E-state index < -0.39 is 0 Å². The van der Waals surface area contributed by atoms with Gasteiger partial charge >= 0.3 is 0 Å². The first kappa shape index (κ1) is 15.2. The summed E-state index contributed by atoms with van der Waals surface area (Å²) in [4.78, 5) is 0. The van der Waals surface area contributed by atoms with Crippen molar-refractivity contribution in [3.8, 4) is 6.07 Å². The Morgan fingerprint density at radius 1 is 1.08 bits per heavy atom. The fraction of sp³-hybridized carbons (Fsp3) is 0.143. The van der Waals surface area contributed by atoms with Crippen LogP contribution in [-0.4, -0.2) is 5.71 Å². The summed E-state index contributed by atoms with van der Waals surface area (Å²) in [6.07, 6.45) is 2.44. The predicted octanol–water partition coefficient (Wildman–Crippen LogP) is 4.82. The van der Waals surface area contributed by atoms with E-state index in [0.717, 1.165) is 23.6 Å². The van der Waals surface area contributed by atoms with Gasteiger partial charge in [0.1, 0.15) is 11.5 Å². The van der Waals surface area contributed by atoms with Crippen LogP contribution in [0.1, 0.15) is 34.9 Å². The van der Waals surface area contributed by atoms with Crippen LogP contribution in [0.25, 0.3) is 0 Å². The molecular formula is C21H17N3O. The second-order valence-corrected chi connectivity index (χ2v) is 6.16. The minimum atomic E-state index is 0.105. The highest BCUT2D eigenvalue weighted by Crippen LogP contribution is 2.36. The molecule has 0 fully saturated rings. The molecule has 122 valence electrons. The van der Waals surface area contributed by atoms with E-state index in [9.17, 15) is 0 Å². The van der Waals surface area contributed by atoms with E-state index in [-0.39, 0.29) is 6.04 Å². The molecule has 3 aromatic rings. The summed E-state index contributed by atoms with van der Waals surface area (Å²) >= 11 is 0. The number of hydrogen-bond donors (Lipinski definition) is 0. The minimum absolute atomic E-state index is 0.105. The smallest absolute Gasteiger partial charge is 0.149 e. The second-order valence-electron chi connectivity index (χ2n) is 6.16. The van der Waals surface area contributed by atoms with E-state index in [1.807, 2.05) is 41.4 Å². The Balaban J connectivity index is 1.74. The molecule has 1 atom stereocenters. The van der Waals surface area contributed by atoms with Gasteiger partial charge in [0.05, 0.1) is 29.6 Å². The highest BCUT2D eigenvalue weighted by Gasteiger charge is 2.30. The normalized spacial score (nSPS) is 16.6. The Morgan fingerprint density at radius 3 is 2.48 bits per heavy atom. The van der Waals surface area contributed by atoms with E-state index in [1.165, 1.54) is 11.1 Å². The van der Waals surface area contributed by atoms with Gasteiger partial charge in [0.2, 0.25) is 0 Å². The summed E-state index contributed by atoms with van der Waals surface area (Å²) in [5.41, 5.74) is 4.98. The van der Waals surface area contributed by atoms with Crippen molar-refractivity contribution in [1.82, 2.24) is 0 Å². The number of nitriles is 1. The number of rotatable bonds is 3. The van der Waals surface area contributed by atoms with Gasteiger partial charge in [0.25, 0.3) is 0 Å². The summed E-state index contributed by atoms with van der Waals surface area (Å²) in [6, 6.07) is 22.1. The molecule has 1 aromatic heterocycles. The van der Waals surface area contributed by atoms with Gasteiger partial charge in [-0.2, -0.15) is 10.4 Å². The Morgan fingerprint density at radius 2 is 1.84 bits per heavy atom. The lowest BCUT2D eigenvalue weighted by atomic mass is 9.99. The first-order valence-corrected chi connectivity index (χ1v) is 8.22. The molecule has 0 bridgehead atoms. The Bertz CT molecular complexity index is 932. The van der Waals surface area contributed by atoms with Gasteiger partial charge in [-0.3, -0.25) is 5.01 Å². The Labute approximate surface area is 146 Å². The third-order valence-corrected chi connectivity index (χ3v) is 4.44. The van der Waals surface area contributed by atoms with Crippen LogP contribution in [0, 0.1) is 18.3 Å². The summed E-state index contributed by atoms with van der Waals surface area (Å²) in [6.45, 7) is 2.08. The Kier molecular flexibility index (Phi) is 3.83. The van der Waals surface area contributed by atoms with Crippen LogP contribution in [0.15, 0.2) is 76.4 Å². The van der Waals surface area contributed by atoms with Gasteiger partial charge in [-0.1, -0.05) is 29.8 Å². The van der Waals surface area contributed by atoms with Crippen molar-refractivity contribution < 1.29 is 4.42 Å². The van der Waals surface area contributed by atoms with Crippen LogP contribution >= 0.6 is 0 Å². The van der Waals surface area contributed by atoms with Crippen LogP contribution in [-0.2, 0) is 0 Å².